The molecule has 18 nitrogen and oxygen atoms in total. The van der Waals surface area contributed by atoms with Gasteiger partial charge in [-0.25, -0.2) is 13.9 Å². The number of nitrogens with zero attached hydrogens (tertiary/aromatic N) is 6. The zero-order chi connectivity index (χ0) is 39.4. The molecular formula is C35H44N8O10S. The van der Waals surface area contributed by atoms with Gasteiger partial charge >= 0.3 is 23.3 Å². The second kappa shape index (κ2) is 16.3. The van der Waals surface area contributed by atoms with Crippen LogP contribution in [0.4, 0.5) is 0 Å². The highest BCUT2D eigenvalue weighted by Gasteiger charge is 2.29. The van der Waals surface area contributed by atoms with Crippen molar-refractivity contribution in [3.8, 4) is 12.0 Å². The Kier molecular flexibility index (Phi) is 12.0. The predicted molar refractivity (Wildman–Crippen MR) is 204 cm³/mol. The van der Waals surface area contributed by atoms with E-state index >= 15 is 0 Å². The molecule has 2 fully saturated rings. The third-order valence-electron chi connectivity index (χ3n) is 8.75. The first-order valence-electron chi connectivity index (χ1n) is 17.4. The molecule has 2 saturated heterocycles. The van der Waals surface area contributed by atoms with Crippen LogP contribution in [0.25, 0.3) is 22.2 Å². The van der Waals surface area contributed by atoms with Gasteiger partial charge in [0.05, 0.1) is 11.4 Å². The number of amides is 1. The van der Waals surface area contributed by atoms with Gasteiger partial charge in [-0.15, -0.1) is 0 Å². The van der Waals surface area contributed by atoms with Crippen LogP contribution in [0.2, 0.25) is 0 Å². The van der Waals surface area contributed by atoms with E-state index < -0.39 is 37.5 Å². The second-order valence-corrected chi connectivity index (χ2v) is 16.4. The van der Waals surface area contributed by atoms with Gasteiger partial charge < -0.3 is 23.4 Å². The van der Waals surface area contributed by atoms with Crippen LogP contribution >= 0.6 is 0 Å². The van der Waals surface area contributed by atoms with Crippen LogP contribution in [-0.4, -0.2) is 89.0 Å². The van der Waals surface area contributed by atoms with Gasteiger partial charge in [-0.2, -0.15) is 9.97 Å². The molecule has 290 valence electrons. The maximum absolute atomic E-state index is 12.3. The number of oxime groups is 2. The number of carbonyl (C=O) groups is 1. The van der Waals surface area contributed by atoms with Gasteiger partial charge in [-0.1, -0.05) is 44.9 Å². The molecule has 0 aromatic carbocycles. The maximum Gasteiger partial charge on any atom is 0.337 e. The molecule has 6 rings (SSSR count). The summed E-state index contributed by atoms with van der Waals surface area (Å²) in [7, 11) is -2.22. The van der Waals surface area contributed by atoms with Gasteiger partial charge in [0.2, 0.25) is 17.3 Å². The summed E-state index contributed by atoms with van der Waals surface area (Å²) in [5.41, 5.74) is 0.0285. The largest absolute Gasteiger partial charge is 0.403 e. The predicted octanol–water partition coefficient (Wildman–Crippen LogP) is 2.37. The van der Waals surface area contributed by atoms with Crippen LogP contribution in [0, 0.1) is 5.41 Å². The Morgan fingerprint density at radius 1 is 0.815 bits per heavy atom. The summed E-state index contributed by atoms with van der Waals surface area (Å²) in [4.78, 5) is 85.5. The molecule has 0 aliphatic carbocycles. The van der Waals surface area contributed by atoms with Crippen molar-refractivity contribution in [2.45, 2.75) is 73.1 Å². The van der Waals surface area contributed by atoms with E-state index in [2.05, 4.69) is 36.1 Å². The lowest BCUT2D eigenvalue weighted by atomic mass is 9.93. The first kappa shape index (κ1) is 39.8. The molecule has 2 aliphatic rings. The molecule has 19 heteroatoms. The number of carbonyl (C=O) groups excluding carboxylic acids is 1. The molecule has 6 heterocycles. The van der Waals surface area contributed by atoms with E-state index in [0.29, 0.717) is 75.8 Å². The Bertz CT molecular complexity index is 2450. The number of H-pyrrole nitrogens is 2. The van der Waals surface area contributed by atoms with Crippen LogP contribution in [0.3, 0.4) is 0 Å². The Balaban J connectivity index is 0.000000208. The fourth-order valence-corrected chi connectivity index (χ4v) is 6.83. The summed E-state index contributed by atoms with van der Waals surface area (Å²) >= 11 is 0. The molecule has 2 N–H and O–H groups in total. The van der Waals surface area contributed by atoms with E-state index in [1.165, 1.54) is 12.1 Å². The van der Waals surface area contributed by atoms with Crippen molar-refractivity contribution in [1.29, 1.82) is 0 Å². The number of nitrogens with one attached hydrogen (secondary N) is 2. The first-order valence-corrected chi connectivity index (χ1v) is 19.5. The smallest absolute Gasteiger partial charge is 0.337 e. The number of aromatic amines is 2. The molecule has 0 bridgehead atoms. The molecule has 4 aromatic heterocycles. The number of aromatic nitrogens is 4. The quantitative estimate of drug-likeness (QED) is 0.204. The van der Waals surface area contributed by atoms with E-state index in [4.69, 9.17) is 18.5 Å². The monoisotopic (exact) mass is 768 g/mol. The van der Waals surface area contributed by atoms with Crippen molar-refractivity contribution in [2.75, 3.05) is 32.4 Å². The molecule has 0 spiro atoms. The number of hydrogen-bond acceptors (Lipinski definition) is 14. The summed E-state index contributed by atoms with van der Waals surface area (Å²) in [6.07, 6.45) is 4.91. The molecule has 54 heavy (non-hydrogen) atoms. The lowest BCUT2D eigenvalue weighted by molar-refractivity contribution is -0.139. The topological polar surface area (TPSA) is 236 Å². The van der Waals surface area contributed by atoms with Gasteiger partial charge in [-0.3, -0.25) is 28.6 Å². The highest BCUT2D eigenvalue weighted by atomic mass is 32.2. The van der Waals surface area contributed by atoms with Gasteiger partial charge in [0.15, 0.2) is 0 Å². The Labute approximate surface area is 309 Å². The van der Waals surface area contributed by atoms with E-state index in [0.717, 1.165) is 11.4 Å². The molecule has 1 atom stereocenters. The summed E-state index contributed by atoms with van der Waals surface area (Å²) in [6, 6.07) is 2.27. The van der Waals surface area contributed by atoms with Crippen LogP contribution in [0.15, 0.2) is 50.5 Å². The fourth-order valence-electron chi connectivity index (χ4n) is 5.87. The van der Waals surface area contributed by atoms with E-state index in [1.54, 1.807) is 6.26 Å². The molecule has 4 aromatic rings. The van der Waals surface area contributed by atoms with Crippen LogP contribution in [-0.2, 0) is 27.3 Å². The van der Waals surface area contributed by atoms with Crippen LogP contribution in [0.1, 0.15) is 71.4 Å². The lowest BCUT2D eigenvalue weighted by Gasteiger charge is -2.32. The minimum atomic E-state index is -2.22. The van der Waals surface area contributed by atoms with E-state index in [1.807, 2.05) is 43.8 Å². The summed E-state index contributed by atoms with van der Waals surface area (Å²) < 4.78 is 23.8. The number of aryl methyl sites for hydroxylation is 2. The lowest BCUT2D eigenvalue weighted by Crippen LogP contribution is -2.44. The van der Waals surface area contributed by atoms with Gasteiger partial charge in [-0.05, 0) is 29.8 Å². The van der Waals surface area contributed by atoms with Crippen LogP contribution < -0.4 is 32.0 Å². The number of rotatable bonds is 7. The highest BCUT2D eigenvalue weighted by molar-refractivity contribution is 7.97. The summed E-state index contributed by atoms with van der Waals surface area (Å²) in [6.45, 7) is 11.6. The van der Waals surface area contributed by atoms with Gasteiger partial charge in [0.1, 0.15) is 10.8 Å². The number of piperidine rings is 2. The average molecular weight is 769 g/mol. The number of fused-ring (bicyclic) bond motifs is 2. The first-order chi connectivity index (χ1) is 25.5. The molecule has 0 radical (unpaired) electrons. The number of hydrogen-bond donors (Lipinski definition) is 2. The minimum Gasteiger partial charge on any atom is -0.403 e. The third-order valence-corrected chi connectivity index (χ3v) is 10.2. The average Bonchev–Trinajstić information content (AvgIpc) is 3.11. The molecule has 1 amide bonds. The minimum absolute atomic E-state index is 0.0751. The van der Waals surface area contributed by atoms with Crippen molar-refractivity contribution in [1.82, 2.24) is 29.1 Å². The fraction of sp³-hybridized carbons (Fsp3) is 0.486. The standard InChI is InChI=1S/C19H24N4O5.C16H20N4O5S/c1-5-11-10-13(24)27-16-14(11)15(25)20-18(21-16)28-22-12-6-8-23(9-7-12)17(26)19(2,3)4;1-4-10-9-12(21)24-15-13(10)14(22)17-16(18-15)25-19-11-5-7-20(8-6-11)26(2,3)23/h10H,5-9H2,1-4H3,(H,20,21,25);9H,2,4-8H2,1,3H3,(H,17,18,22). The zero-order valence-corrected chi connectivity index (χ0v) is 31.9. The van der Waals surface area contributed by atoms with E-state index in [-0.39, 0.29) is 40.1 Å². The third kappa shape index (κ3) is 9.56. The SMILES string of the molecule is C=S(C)(=O)N1CCC(=NOc2nc3oc(=O)cc(CC)c3c(=O)[nH]2)CC1.CCc1cc(=O)oc2nc(ON=C3CCN(C(=O)C(C)(C)C)CC3)[nH]c(=O)c12. The van der Waals surface area contributed by atoms with Crippen molar-refractivity contribution >= 4 is 55.1 Å². The van der Waals surface area contributed by atoms with Gasteiger partial charge in [0, 0.05) is 85.4 Å². The number of likely N-dealkylation sites (tertiary alicyclic amines) is 1. The van der Waals surface area contributed by atoms with Crippen molar-refractivity contribution in [3.05, 3.63) is 64.8 Å². The molecule has 0 saturated carbocycles. The summed E-state index contributed by atoms with van der Waals surface area (Å²) in [5.74, 6) is 3.78. The van der Waals surface area contributed by atoms with Crippen molar-refractivity contribution in [3.63, 3.8) is 0 Å². The second-order valence-electron chi connectivity index (χ2n) is 13.9. The maximum atomic E-state index is 12.3. The Morgan fingerprint density at radius 2 is 1.22 bits per heavy atom. The van der Waals surface area contributed by atoms with Crippen molar-refractivity contribution in [2.24, 2.45) is 15.7 Å². The Morgan fingerprint density at radius 3 is 1.59 bits per heavy atom. The molecular weight excluding hydrogens is 724 g/mol. The van der Waals surface area contributed by atoms with Gasteiger partial charge in [0.25, 0.3) is 11.1 Å². The molecule has 2 aliphatic heterocycles. The Hall–Kier alpha value is -5.43. The summed E-state index contributed by atoms with van der Waals surface area (Å²) in [5, 5.41) is 8.52. The zero-order valence-electron chi connectivity index (χ0n) is 31.1. The highest BCUT2D eigenvalue weighted by Crippen LogP contribution is 2.21. The normalized spacial score (nSPS) is 16.4. The van der Waals surface area contributed by atoms with E-state index in [9.17, 15) is 28.2 Å². The molecule has 1 unspecified atom stereocenters. The van der Waals surface area contributed by atoms with Crippen LogP contribution in [0.5, 0.6) is 12.0 Å². The van der Waals surface area contributed by atoms with Crippen molar-refractivity contribution < 1.29 is 27.5 Å².